The normalized spacial score (nSPS) is 47.0. The summed E-state index contributed by atoms with van der Waals surface area (Å²) in [4.78, 5) is 49.8. The summed E-state index contributed by atoms with van der Waals surface area (Å²) in [7, 11) is 0. The number of epoxide rings is 1. The smallest absolute Gasteiger partial charge is 0.317 e. The predicted octanol–water partition coefficient (Wildman–Crippen LogP) is 3.48. The van der Waals surface area contributed by atoms with Gasteiger partial charge in [-0.25, -0.2) is 0 Å². The highest BCUT2D eigenvalue weighted by atomic mass is 16.7. The van der Waals surface area contributed by atoms with Crippen LogP contribution < -0.4 is 0 Å². The zero-order valence-electron chi connectivity index (χ0n) is 32.3. The molecule has 4 saturated carbocycles. The standard InChI is InChI=1S/C40H58O13/c1-19(15-22(50-20(2)41)33-36(5,6)53-33)28-30(47)32(48)38(8)24-10-9-23-35(3,4)25(11-12-39(23)18-40(24,39)14-13-37(28,38)7)51-34-31(29(46)21(42)17-49-34)52-27(45)16-26(43)44/h10,19,21-23,25,28-29,31-34,42,46,48H,9,11-18H2,1-8H3,(H,43,44). The summed E-state index contributed by atoms with van der Waals surface area (Å²) >= 11 is 0. The Morgan fingerprint density at radius 1 is 1.04 bits per heavy atom. The Morgan fingerprint density at radius 2 is 1.72 bits per heavy atom. The van der Waals surface area contributed by atoms with Gasteiger partial charge in [-0.3, -0.25) is 19.2 Å². The van der Waals surface area contributed by atoms with Crippen LogP contribution in [0, 0.1) is 44.8 Å². The SMILES string of the molecule is CC(=O)OC(CC(C)C1C(=O)C(O)C2(C)C3=CCC4C(C)(C)C(OC5OCC(O)C(O)C5OC(=O)CC(=O)O)CCC45CC35CCC12C)C1OC1(C)C. The molecule has 0 amide bonds. The van der Waals surface area contributed by atoms with E-state index in [-0.39, 0.29) is 53.2 Å². The van der Waals surface area contributed by atoms with Crippen LogP contribution in [0.5, 0.6) is 0 Å². The van der Waals surface area contributed by atoms with Crippen molar-refractivity contribution in [3.05, 3.63) is 11.6 Å². The molecule has 13 nitrogen and oxygen atoms in total. The Hall–Kier alpha value is -2.42. The molecule has 0 aromatic heterocycles. The Bertz CT molecular complexity index is 1590. The Balaban J connectivity index is 1.13. The first-order valence-electron chi connectivity index (χ1n) is 19.4. The highest BCUT2D eigenvalue weighted by molar-refractivity contribution is 5.91. The third-order valence-corrected chi connectivity index (χ3v) is 15.6. The average Bonchev–Trinajstić information content (AvgIpc) is 3.91. The molecule has 4 N–H and O–H groups in total. The van der Waals surface area contributed by atoms with E-state index in [1.54, 1.807) is 0 Å². The number of carbonyl (C=O) groups is 4. The molecule has 15 atom stereocenters. The van der Waals surface area contributed by atoms with Crippen molar-refractivity contribution in [1.82, 2.24) is 0 Å². The van der Waals surface area contributed by atoms with E-state index in [9.17, 15) is 34.5 Å². The molecule has 0 bridgehead atoms. The van der Waals surface area contributed by atoms with Gasteiger partial charge in [-0.15, -0.1) is 0 Å². The minimum Gasteiger partial charge on any atom is -0.481 e. The fourth-order valence-corrected chi connectivity index (χ4v) is 12.8. The molecule has 2 spiro atoms. The van der Waals surface area contributed by atoms with E-state index in [2.05, 4.69) is 33.8 Å². The monoisotopic (exact) mass is 746 g/mol. The van der Waals surface area contributed by atoms with Gasteiger partial charge in [0.1, 0.15) is 36.9 Å². The lowest BCUT2D eigenvalue weighted by molar-refractivity contribution is -0.303. The third-order valence-electron chi connectivity index (χ3n) is 15.6. The number of fused-ring (bicyclic) bond motifs is 2. The highest BCUT2D eigenvalue weighted by Gasteiger charge is 2.82. The number of Topliss-reactive ketones (excluding diaryl/α,β-unsaturated/α-hetero) is 1. The van der Waals surface area contributed by atoms with Gasteiger partial charge in [0.15, 0.2) is 18.2 Å². The molecule has 6 fully saturated rings. The van der Waals surface area contributed by atoms with Crippen molar-refractivity contribution in [2.75, 3.05) is 6.61 Å². The van der Waals surface area contributed by atoms with Crippen LogP contribution in [-0.2, 0) is 42.9 Å². The summed E-state index contributed by atoms with van der Waals surface area (Å²) in [6, 6.07) is 0. The van der Waals surface area contributed by atoms with Gasteiger partial charge >= 0.3 is 17.9 Å². The maximum atomic E-state index is 14.3. The largest absolute Gasteiger partial charge is 0.481 e. The van der Waals surface area contributed by atoms with Crippen molar-refractivity contribution in [3.63, 3.8) is 0 Å². The van der Waals surface area contributed by atoms with Crippen LogP contribution in [0.15, 0.2) is 11.6 Å². The molecule has 15 unspecified atom stereocenters. The lowest BCUT2D eigenvalue weighted by Crippen LogP contribution is -2.59. The zero-order valence-corrected chi connectivity index (χ0v) is 32.3. The summed E-state index contributed by atoms with van der Waals surface area (Å²) < 4.78 is 29.2. The number of ketones is 1. The van der Waals surface area contributed by atoms with Gasteiger partial charge in [0.25, 0.3) is 0 Å². The lowest BCUT2D eigenvalue weighted by Gasteiger charge is -2.60. The summed E-state index contributed by atoms with van der Waals surface area (Å²) in [5.74, 6) is -3.35. The van der Waals surface area contributed by atoms with Crippen LogP contribution in [0.1, 0.15) is 107 Å². The number of esters is 2. The maximum Gasteiger partial charge on any atom is 0.317 e. The van der Waals surface area contributed by atoms with Crippen molar-refractivity contribution in [3.8, 4) is 0 Å². The van der Waals surface area contributed by atoms with Gasteiger partial charge in [-0.1, -0.05) is 46.3 Å². The number of carboxylic acids is 1. The van der Waals surface area contributed by atoms with Crippen molar-refractivity contribution in [2.24, 2.45) is 44.8 Å². The molecular weight excluding hydrogens is 688 g/mol. The van der Waals surface area contributed by atoms with Crippen molar-refractivity contribution in [2.45, 2.75) is 161 Å². The van der Waals surface area contributed by atoms with Crippen molar-refractivity contribution in [1.29, 1.82) is 0 Å². The third kappa shape index (κ3) is 5.60. The van der Waals surface area contributed by atoms with Gasteiger partial charge in [0.05, 0.1) is 18.3 Å². The lowest BCUT2D eigenvalue weighted by atomic mass is 9.44. The molecule has 2 saturated heterocycles. The molecule has 7 aliphatic rings. The Morgan fingerprint density at radius 3 is 2.34 bits per heavy atom. The molecule has 2 heterocycles. The van der Waals surface area contributed by atoms with Gasteiger partial charge in [0, 0.05) is 18.3 Å². The molecule has 0 aromatic carbocycles. The number of carboxylic acid groups (broad SMARTS) is 1. The fourth-order valence-electron chi connectivity index (χ4n) is 12.8. The van der Waals surface area contributed by atoms with Crippen LogP contribution in [0.25, 0.3) is 0 Å². The van der Waals surface area contributed by atoms with E-state index in [0.717, 1.165) is 32.1 Å². The summed E-state index contributed by atoms with van der Waals surface area (Å²) in [6.45, 7) is 15.8. The van der Waals surface area contributed by atoms with Crippen LogP contribution in [0.3, 0.4) is 0 Å². The van der Waals surface area contributed by atoms with Gasteiger partial charge in [0.2, 0.25) is 0 Å². The second-order valence-corrected chi connectivity index (χ2v) is 19.0. The molecule has 7 rings (SSSR count). The number of ether oxygens (including phenoxy) is 5. The molecule has 0 radical (unpaired) electrons. The fraction of sp³-hybridized carbons (Fsp3) is 0.850. The first-order valence-corrected chi connectivity index (χ1v) is 19.4. The summed E-state index contributed by atoms with van der Waals surface area (Å²) in [6.07, 6.45) is -0.962. The number of carbonyl (C=O) groups excluding carboxylic acids is 3. The van der Waals surface area contributed by atoms with E-state index >= 15 is 0 Å². The van der Waals surface area contributed by atoms with Crippen LogP contribution in [-0.4, -0.2) is 105 Å². The van der Waals surface area contributed by atoms with E-state index in [1.807, 2.05) is 20.8 Å². The Labute approximate surface area is 311 Å². The minimum absolute atomic E-state index is 0.0525. The van der Waals surface area contributed by atoms with E-state index in [0.29, 0.717) is 12.8 Å². The molecule has 13 heteroatoms. The predicted molar refractivity (Wildman–Crippen MR) is 186 cm³/mol. The maximum absolute atomic E-state index is 14.3. The van der Waals surface area contributed by atoms with E-state index in [4.69, 9.17) is 28.8 Å². The second kappa shape index (κ2) is 12.5. The highest BCUT2D eigenvalue weighted by Crippen LogP contribution is 2.87. The van der Waals surface area contributed by atoms with Gasteiger partial charge in [-0.2, -0.15) is 0 Å². The Kier molecular flexibility index (Phi) is 9.19. The molecular formula is C40H58O13. The number of aliphatic hydroxyl groups is 3. The van der Waals surface area contributed by atoms with E-state index < -0.39 is 82.9 Å². The van der Waals surface area contributed by atoms with Crippen LogP contribution in [0.2, 0.25) is 0 Å². The summed E-state index contributed by atoms with van der Waals surface area (Å²) in [5, 5.41) is 42.1. The number of hydrogen-bond donors (Lipinski definition) is 4. The van der Waals surface area contributed by atoms with Gasteiger partial charge < -0.3 is 44.1 Å². The molecule has 296 valence electrons. The molecule has 53 heavy (non-hydrogen) atoms. The number of aliphatic hydroxyl groups excluding tert-OH is 3. The van der Waals surface area contributed by atoms with Crippen molar-refractivity contribution >= 4 is 23.7 Å². The van der Waals surface area contributed by atoms with Gasteiger partial charge in [-0.05, 0) is 92.3 Å². The quantitative estimate of drug-likeness (QED) is 0.110. The molecule has 2 aliphatic heterocycles. The molecule has 5 aliphatic carbocycles. The number of hydrogen-bond acceptors (Lipinski definition) is 12. The topological polar surface area (TPSA) is 199 Å². The molecule has 0 aromatic rings. The van der Waals surface area contributed by atoms with Crippen LogP contribution >= 0.6 is 0 Å². The number of allylic oxidation sites excluding steroid dienone is 1. The minimum atomic E-state index is -1.51. The number of rotatable bonds is 10. The number of aliphatic carboxylic acids is 1. The second-order valence-electron chi connectivity index (χ2n) is 19.0. The first-order chi connectivity index (χ1) is 24.6. The van der Waals surface area contributed by atoms with Crippen molar-refractivity contribution < 1.29 is 63.3 Å². The average molecular weight is 747 g/mol. The zero-order chi connectivity index (χ0) is 38.8. The summed E-state index contributed by atoms with van der Waals surface area (Å²) in [5.41, 5.74) is -1.08. The van der Waals surface area contributed by atoms with E-state index in [1.165, 1.54) is 12.5 Å². The van der Waals surface area contributed by atoms with Crippen LogP contribution in [0.4, 0.5) is 0 Å². The first kappa shape index (κ1) is 38.8.